The molecule has 4 nitrogen and oxygen atoms in total. The van der Waals surface area contributed by atoms with Crippen molar-refractivity contribution in [3.8, 4) is 11.5 Å². The summed E-state index contributed by atoms with van der Waals surface area (Å²) in [5.74, 6) is 1.07. The fourth-order valence-electron chi connectivity index (χ4n) is 2.11. The lowest BCUT2D eigenvalue weighted by Gasteiger charge is -2.25. The van der Waals surface area contributed by atoms with Crippen molar-refractivity contribution in [2.24, 2.45) is 0 Å². The lowest BCUT2D eigenvalue weighted by molar-refractivity contribution is -0.125. The molecule has 2 aromatic carbocycles. The Morgan fingerprint density at radius 2 is 1.86 bits per heavy atom. The molecule has 1 aliphatic rings. The number of carbonyl (C=O) groups is 1. The molecule has 0 fully saturated rings. The second kappa shape index (κ2) is 6.10. The number of thioether (sulfide) groups is 1. The Kier molecular flexibility index (Phi) is 4.01. The first-order valence-corrected chi connectivity index (χ1v) is 7.83. The van der Waals surface area contributed by atoms with Crippen LogP contribution in [-0.4, -0.2) is 24.9 Å². The van der Waals surface area contributed by atoms with Crippen molar-refractivity contribution in [2.75, 3.05) is 18.2 Å². The van der Waals surface area contributed by atoms with Crippen LogP contribution in [-0.2, 0) is 4.79 Å². The van der Waals surface area contributed by atoms with Crippen molar-refractivity contribution < 1.29 is 14.3 Å². The van der Waals surface area contributed by atoms with Crippen molar-refractivity contribution in [3.63, 3.8) is 0 Å². The molecular formula is C16H15NO3S. The number of anilines is 1. The van der Waals surface area contributed by atoms with Crippen molar-refractivity contribution in [1.82, 2.24) is 0 Å². The Balaban J connectivity index is 1.72. The number of hydrogen-bond donors (Lipinski definition) is 1. The van der Waals surface area contributed by atoms with Gasteiger partial charge in [0, 0.05) is 4.90 Å². The molecule has 0 aliphatic carbocycles. The first-order valence-electron chi connectivity index (χ1n) is 6.60. The van der Waals surface area contributed by atoms with Gasteiger partial charge in [-0.1, -0.05) is 24.3 Å². The third-order valence-electron chi connectivity index (χ3n) is 3.17. The molecule has 3 rings (SSSR count). The van der Waals surface area contributed by atoms with Crippen LogP contribution in [0.25, 0.3) is 0 Å². The van der Waals surface area contributed by atoms with Crippen LogP contribution in [0, 0.1) is 0 Å². The average molecular weight is 301 g/mol. The maximum absolute atomic E-state index is 12.3. The van der Waals surface area contributed by atoms with Crippen LogP contribution in [0.15, 0.2) is 53.4 Å². The fourth-order valence-corrected chi connectivity index (χ4v) is 2.66. The van der Waals surface area contributed by atoms with Crippen molar-refractivity contribution in [1.29, 1.82) is 0 Å². The number of nitrogens with one attached hydrogen (secondary N) is 1. The number of fused-ring (bicyclic) bond motifs is 1. The molecular weight excluding hydrogens is 286 g/mol. The van der Waals surface area contributed by atoms with Gasteiger partial charge in [0.15, 0.2) is 11.5 Å². The fraction of sp³-hybridized carbons (Fsp3) is 0.188. The minimum Gasteiger partial charge on any atom is -0.485 e. The summed E-state index contributed by atoms with van der Waals surface area (Å²) in [5.41, 5.74) is 0.789. The van der Waals surface area contributed by atoms with Crippen molar-refractivity contribution in [2.45, 2.75) is 11.0 Å². The topological polar surface area (TPSA) is 47.6 Å². The molecule has 0 spiro atoms. The summed E-state index contributed by atoms with van der Waals surface area (Å²) in [6, 6.07) is 15.0. The Bertz CT molecular complexity index is 659. The van der Waals surface area contributed by atoms with Gasteiger partial charge in [-0.2, -0.15) is 0 Å². The van der Waals surface area contributed by atoms with E-state index in [-0.39, 0.29) is 12.5 Å². The van der Waals surface area contributed by atoms with E-state index >= 15 is 0 Å². The highest BCUT2D eigenvalue weighted by Gasteiger charge is 2.27. The summed E-state index contributed by atoms with van der Waals surface area (Å²) in [7, 11) is 0. The zero-order valence-corrected chi connectivity index (χ0v) is 12.4. The highest BCUT2D eigenvalue weighted by molar-refractivity contribution is 7.98. The minimum atomic E-state index is -0.644. The standard InChI is InChI=1S/C16H15NO3S/c1-21-15-9-5-2-6-11(15)17-16(18)14-10-19-12-7-3-4-8-13(12)20-14/h2-9,14H,10H2,1H3,(H,17,18). The first kappa shape index (κ1) is 13.8. The van der Waals surface area contributed by atoms with Crippen LogP contribution in [0.3, 0.4) is 0 Å². The van der Waals surface area contributed by atoms with Gasteiger partial charge in [-0.3, -0.25) is 4.79 Å². The van der Waals surface area contributed by atoms with Crippen LogP contribution < -0.4 is 14.8 Å². The van der Waals surface area contributed by atoms with E-state index in [0.29, 0.717) is 11.5 Å². The van der Waals surface area contributed by atoms with Gasteiger partial charge in [0.05, 0.1) is 5.69 Å². The summed E-state index contributed by atoms with van der Waals surface area (Å²) < 4.78 is 11.3. The molecule has 1 aliphatic heterocycles. The molecule has 0 saturated carbocycles. The second-order valence-electron chi connectivity index (χ2n) is 4.55. The summed E-state index contributed by atoms with van der Waals surface area (Å²) in [6.07, 6.45) is 1.33. The van der Waals surface area contributed by atoms with Gasteiger partial charge in [-0.15, -0.1) is 11.8 Å². The zero-order chi connectivity index (χ0) is 14.7. The molecule has 0 bridgehead atoms. The van der Waals surface area contributed by atoms with Crippen LogP contribution in [0.5, 0.6) is 11.5 Å². The molecule has 0 saturated heterocycles. The highest BCUT2D eigenvalue weighted by atomic mass is 32.2. The Hall–Kier alpha value is -2.14. The van der Waals surface area contributed by atoms with Gasteiger partial charge in [0.1, 0.15) is 6.61 Å². The third kappa shape index (κ3) is 2.97. The maximum atomic E-state index is 12.3. The van der Waals surface area contributed by atoms with Gasteiger partial charge in [-0.25, -0.2) is 0 Å². The molecule has 0 radical (unpaired) electrons. The predicted octanol–water partition coefficient (Wildman–Crippen LogP) is 3.19. The summed E-state index contributed by atoms with van der Waals surface area (Å²) in [5, 5.41) is 2.90. The van der Waals surface area contributed by atoms with Crippen LogP contribution >= 0.6 is 11.8 Å². The largest absolute Gasteiger partial charge is 0.485 e. The van der Waals surface area contributed by atoms with E-state index < -0.39 is 6.10 Å². The quantitative estimate of drug-likeness (QED) is 0.885. The number of rotatable bonds is 3. The van der Waals surface area contributed by atoms with Crippen molar-refractivity contribution in [3.05, 3.63) is 48.5 Å². The molecule has 5 heteroatoms. The van der Waals surface area contributed by atoms with E-state index in [1.807, 2.05) is 48.7 Å². The Labute approximate surface area is 127 Å². The van der Waals surface area contributed by atoms with E-state index in [0.717, 1.165) is 10.6 Å². The minimum absolute atomic E-state index is 0.203. The Morgan fingerprint density at radius 3 is 2.67 bits per heavy atom. The predicted molar refractivity (Wildman–Crippen MR) is 83.2 cm³/mol. The number of benzene rings is 2. The molecule has 1 unspecified atom stereocenters. The van der Waals surface area contributed by atoms with Gasteiger partial charge in [0.25, 0.3) is 5.91 Å². The first-order chi connectivity index (χ1) is 10.3. The van der Waals surface area contributed by atoms with E-state index in [4.69, 9.17) is 9.47 Å². The lowest BCUT2D eigenvalue weighted by Crippen LogP contribution is -2.40. The summed E-state index contributed by atoms with van der Waals surface area (Å²) >= 11 is 1.59. The normalized spacial score (nSPS) is 16.3. The summed E-state index contributed by atoms with van der Waals surface area (Å²) in [4.78, 5) is 13.3. The molecule has 1 amide bonds. The summed E-state index contributed by atoms with van der Waals surface area (Å²) in [6.45, 7) is 0.213. The van der Waals surface area contributed by atoms with Gasteiger partial charge < -0.3 is 14.8 Å². The van der Waals surface area contributed by atoms with Crippen molar-refractivity contribution >= 4 is 23.4 Å². The van der Waals surface area contributed by atoms with Crippen LogP contribution in [0.4, 0.5) is 5.69 Å². The number of para-hydroxylation sites is 3. The van der Waals surface area contributed by atoms with Crippen LogP contribution in [0.2, 0.25) is 0 Å². The smallest absolute Gasteiger partial charge is 0.269 e. The second-order valence-corrected chi connectivity index (χ2v) is 5.40. The maximum Gasteiger partial charge on any atom is 0.269 e. The monoisotopic (exact) mass is 301 g/mol. The molecule has 108 valence electrons. The molecule has 1 N–H and O–H groups in total. The average Bonchev–Trinajstić information content (AvgIpc) is 2.55. The lowest BCUT2D eigenvalue weighted by atomic mass is 10.2. The molecule has 0 aromatic heterocycles. The third-order valence-corrected chi connectivity index (χ3v) is 3.96. The number of carbonyl (C=O) groups excluding carboxylic acids is 1. The molecule has 1 atom stereocenters. The Morgan fingerprint density at radius 1 is 1.14 bits per heavy atom. The highest BCUT2D eigenvalue weighted by Crippen LogP contribution is 2.31. The van der Waals surface area contributed by atoms with E-state index in [9.17, 15) is 4.79 Å². The van der Waals surface area contributed by atoms with Crippen LogP contribution in [0.1, 0.15) is 0 Å². The zero-order valence-electron chi connectivity index (χ0n) is 11.5. The number of amides is 1. The van der Waals surface area contributed by atoms with Gasteiger partial charge in [-0.05, 0) is 30.5 Å². The molecule has 2 aromatic rings. The van der Waals surface area contributed by atoms with E-state index in [1.165, 1.54) is 0 Å². The number of ether oxygens (including phenoxy) is 2. The van der Waals surface area contributed by atoms with Gasteiger partial charge >= 0.3 is 0 Å². The molecule has 21 heavy (non-hydrogen) atoms. The molecule has 1 heterocycles. The van der Waals surface area contributed by atoms with Gasteiger partial charge in [0.2, 0.25) is 6.10 Å². The number of hydrogen-bond acceptors (Lipinski definition) is 4. The van der Waals surface area contributed by atoms with E-state index in [2.05, 4.69) is 5.32 Å². The van der Waals surface area contributed by atoms with E-state index in [1.54, 1.807) is 17.8 Å². The SMILES string of the molecule is CSc1ccccc1NC(=O)C1COc2ccccc2O1.